The van der Waals surface area contributed by atoms with Gasteiger partial charge in [-0.05, 0) is 7.05 Å². The van der Waals surface area contributed by atoms with E-state index in [9.17, 15) is 0 Å². The molecular formula is C6H9BN5Pt. The Labute approximate surface area is 92.1 Å². The minimum absolute atomic E-state index is 0. The van der Waals surface area contributed by atoms with E-state index in [0.717, 1.165) is 13.1 Å². The van der Waals surface area contributed by atoms with Crippen LogP contribution in [0.25, 0.3) is 0 Å². The predicted octanol–water partition coefficient (Wildman–Crippen LogP) is -0.845. The van der Waals surface area contributed by atoms with Gasteiger partial charge in [0, 0.05) is 34.2 Å². The summed E-state index contributed by atoms with van der Waals surface area (Å²) in [6, 6.07) is 0. The summed E-state index contributed by atoms with van der Waals surface area (Å²) in [7, 11) is 4.02. The second-order valence-electron chi connectivity index (χ2n) is 2.73. The van der Waals surface area contributed by atoms with Crippen molar-refractivity contribution in [2.45, 2.75) is 0 Å². The van der Waals surface area contributed by atoms with Crippen molar-refractivity contribution in [1.82, 2.24) is 19.8 Å². The first-order chi connectivity index (χ1) is 5.86. The summed E-state index contributed by atoms with van der Waals surface area (Å²) in [5.41, 5.74) is 0. The number of anilines is 1. The zero-order valence-corrected chi connectivity index (χ0v) is 9.47. The molecule has 1 aromatic rings. The van der Waals surface area contributed by atoms with Crippen LogP contribution in [0, 0.1) is 0 Å². The van der Waals surface area contributed by atoms with E-state index in [1.54, 1.807) is 0 Å². The van der Waals surface area contributed by atoms with E-state index in [1.165, 1.54) is 12.7 Å². The Hall–Kier alpha value is -0.477. The van der Waals surface area contributed by atoms with Gasteiger partial charge in [-0.3, -0.25) is 0 Å². The summed E-state index contributed by atoms with van der Waals surface area (Å²) in [6.07, 6.45) is 3.02. The van der Waals surface area contributed by atoms with Gasteiger partial charge in [0.25, 0.3) is 0 Å². The molecular weight excluding hydrogens is 348 g/mol. The van der Waals surface area contributed by atoms with Gasteiger partial charge in [0.1, 0.15) is 12.7 Å². The fourth-order valence-electron chi connectivity index (χ4n) is 1.15. The van der Waals surface area contributed by atoms with Gasteiger partial charge in [-0.15, -0.1) is 0 Å². The molecule has 2 rings (SSSR count). The maximum atomic E-state index is 4.04. The number of hydrogen-bond acceptors (Lipinski definition) is 5. The molecule has 7 heteroatoms. The van der Waals surface area contributed by atoms with Crippen molar-refractivity contribution in [3.05, 3.63) is 12.7 Å². The summed E-state index contributed by atoms with van der Waals surface area (Å²) < 4.78 is 0. The zero-order valence-electron chi connectivity index (χ0n) is 7.20. The van der Waals surface area contributed by atoms with Crippen LogP contribution in [0.5, 0.6) is 0 Å². The van der Waals surface area contributed by atoms with Crippen LogP contribution in [0.1, 0.15) is 0 Å². The van der Waals surface area contributed by atoms with Crippen LogP contribution < -0.4 is 4.81 Å². The Balaban J connectivity index is 0.000000845. The minimum Gasteiger partial charge on any atom is -0.372 e. The molecule has 2 heterocycles. The van der Waals surface area contributed by atoms with E-state index >= 15 is 0 Å². The van der Waals surface area contributed by atoms with E-state index in [2.05, 4.69) is 19.8 Å². The first-order valence-electron chi connectivity index (χ1n) is 3.80. The van der Waals surface area contributed by atoms with Crippen molar-refractivity contribution < 1.29 is 21.1 Å². The molecule has 0 amide bonds. The molecule has 0 N–H and O–H groups in total. The topological polar surface area (TPSA) is 45.2 Å². The largest absolute Gasteiger partial charge is 0.372 e. The van der Waals surface area contributed by atoms with E-state index in [4.69, 9.17) is 0 Å². The molecule has 1 fully saturated rings. The number of aromatic nitrogens is 3. The molecule has 0 unspecified atom stereocenters. The Morgan fingerprint density at radius 2 is 2.00 bits per heavy atom. The van der Waals surface area contributed by atoms with Crippen LogP contribution in [0.4, 0.5) is 5.95 Å². The normalized spacial score (nSPS) is 16.5. The van der Waals surface area contributed by atoms with Crippen LogP contribution in [0.3, 0.4) is 0 Å². The molecule has 0 atom stereocenters. The first-order valence-corrected chi connectivity index (χ1v) is 3.80. The Morgan fingerprint density at radius 1 is 1.31 bits per heavy atom. The fourth-order valence-corrected chi connectivity index (χ4v) is 1.15. The fraction of sp³-hybridized carbons (Fsp3) is 0.500. The third-order valence-corrected chi connectivity index (χ3v) is 1.77. The molecule has 1 radical (unpaired) electrons. The molecule has 0 aromatic carbocycles. The summed E-state index contributed by atoms with van der Waals surface area (Å²) in [5, 5.41) is 0. The standard InChI is InChI=1S/C6H9BN5.Pt/c1-11-2-3-12(7-11)6-9-4-8-5-10-6;/h4-5H,2-3H2,1H3;. The number of rotatable bonds is 1. The van der Waals surface area contributed by atoms with Crippen molar-refractivity contribution in [2.24, 2.45) is 0 Å². The second kappa shape index (κ2) is 4.67. The minimum atomic E-state index is 0. The number of hydrogen-bond donors (Lipinski definition) is 0. The van der Waals surface area contributed by atoms with Crippen LogP contribution in [0.15, 0.2) is 12.7 Å². The van der Waals surface area contributed by atoms with Crippen molar-refractivity contribution in [2.75, 3.05) is 24.9 Å². The van der Waals surface area contributed by atoms with Gasteiger partial charge in [-0.25, -0.2) is 15.0 Å². The summed E-state index contributed by atoms with van der Waals surface area (Å²) in [6.45, 7) is 1.96. The quantitative estimate of drug-likeness (QED) is 0.614. The van der Waals surface area contributed by atoms with Crippen molar-refractivity contribution in [3.63, 3.8) is 0 Å². The molecule has 71 valence electrons. The van der Waals surface area contributed by atoms with Crippen molar-refractivity contribution >= 4 is 13.5 Å². The molecule has 0 bridgehead atoms. The molecule has 13 heavy (non-hydrogen) atoms. The third-order valence-electron chi connectivity index (χ3n) is 1.77. The third kappa shape index (κ3) is 2.48. The van der Waals surface area contributed by atoms with E-state index in [-0.39, 0.29) is 21.1 Å². The molecule has 1 aliphatic heterocycles. The summed E-state index contributed by atoms with van der Waals surface area (Å²) in [4.78, 5) is 15.9. The van der Waals surface area contributed by atoms with Crippen molar-refractivity contribution in [3.8, 4) is 0 Å². The van der Waals surface area contributed by atoms with E-state index in [1.807, 2.05) is 19.4 Å². The SMILES string of the molecule is CN1[B]N(c2ncncn2)CC1.[Pt]. The Kier molecular flexibility index (Phi) is 3.81. The maximum absolute atomic E-state index is 4.04. The van der Waals surface area contributed by atoms with Gasteiger partial charge >= 0.3 is 7.55 Å². The van der Waals surface area contributed by atoms with Crippen molar-refractivity contribution in [1.29, 1.82) is 0 Å². The predicted molar refractivity (Wildman–Crippen MR) is 45.6 cm³/mol. The summed E-state index contributed by atoms with van der Waals surface area (Å²) in [5.74, 6) is 0.717. The van der Waals surface area contributed by atoms with Gasteiger partial charge in [-0.1, -0.05) is 0 Å². The van der Waals surface area contributed by atoms with Gasteiger partial charge < -0.3 is 9.62 Å². The molecule has 1 aliphatic rings. The zero-order chi connectivity index (χ0) is 8.39. The summed E-state index contributed by atoms with van der Waals surface area (Å²) >= 11 is 0. The number of likely N-dealkylation sites (N-methyl/N-ethyl adjacent to an activating group) is 1. The average Bonchev–Trinajstić information content (AvgIpc) is 2.54. The van der Waals surface area contributed by atoms with Crippen LogP contribution in [-0.4, -0.2) is 47.4 Å². The molecule has 1 aromatic heterocycles. The van der Waals surface area contributed by atoms with Gasteiger partial charge in [-0.2, -0.15) is 0 Å². The van der Waals surface area contributed by atoms with E-state index in [0.29, 0.717) is 5.95 Å². The monoisotopic (exact) mass is 357 g/mol. The van der Waals surface area contributed by atoms with E-state index < -0.39 is 0 Å². The van der Waals surface area contributed by atoms with Crippen LogP contribution in [-0.2, 0) is 21.1 Å². The van der Waals surface area contributed by atoms with Gasteiger partial charge in [0.05, 0.1) is 0 Å². The van der Waals surface area contributed by atoms with Gasteiger partial charge in [0.15, 0.2) is 0 Å². The molecule has 0 saturated carbocycles. The van der Waals surface area contributed by atoms with Crippen LogP contribution in [0.2, 0.25) is 0 Å². The van der Waals surface area contributed by atoms with Crippen LogP contribution >= 0.6 is 0 Å². The average molecular weight is 357 g/mol. The Bertz CT molecular complexity index is 258. The molecule has 5 nitrogen and oxygen atoms in total. The number of nitrogens with zero attached hydrogens (tertiary/aromatic N) is 5. The molecule has 0 aliphatic carbocycles. The maximum Gasteiger partial charge on any atom is 0.354 e. The first kappa shape index (κ1) is 10.6. The Morgan fingerprint density at radius 3 is 2.54 bits per heavy atom. The smallest absolute Gasteiger partial charge is 0.354 e. The molecule has 1 saturated heterocycles. The molecule has 0 spiro atoms. The second-order valence-corrected chi connectivity index (χ2v) is 2.73. The van der Waals surface area contributed by atoms with Gasteiger partial charge in [0.2, 0.25) is 5.95 Å².